The highest BCUT2D eigenvalue weighted by atomic mass is 32.1. The molecule has 2 heterocycles. The predicted octanol–water partition coefficient (Wildman–Crippen LogP) is 3.01. The van der Waals surface area contributed by atoms with Crippen molar-refractivity contribution in [2.75, 3.05) is 4.90 Å². The van der Waals surface area contributed by atoms with Crippen molar-refractivity contribution in [1.29, 1.82) is 0 Å². The lowest BCUT2D eigenvalue weighted by Gasteiger charge is -2.28. The highest BCUT2D eigenvalue weighted by Gasteiger charge is 2.34. The van der Waals surface area contributed by atoms with Gasteiger partial charge in [0.2, 0.25) is 0 Å². The normalized spacial score (nSPS) is 16.4. The summed E-state index contributed by atoms with van der Waals surface area (Å²) in [6.07, 6.45) is 1.61. The minimum Gasteiger partial charge on any atom is -0.344 e. The molecular formula is C20H15N3O2S. The van der Waals surface area contributed by atoms with Crippen LogP contribution in [0.4, 0.5) is 5.69 Å². The van der Waals surface area contributed by atoms with Gasteiger partial charge >= 0.3 is 0 Å². The molecule has 0 saturated carbocycles. The van der Waals surface area contributed by atoms with E-state index in [1.54, 1.807) is 18.2 Å². The van der Waals surface area contributed by atoms with Gasteiger partial charge in [-0.25, -0.2) is 0 Å². The lowest BCUT2D eigenvalue weighted by molar-refractivity contribution is -0.122. The summed E-state index contributed by atoms with van der Waals surface area (Å²) in [5.41, 5.74) is 2.46. The number of anilines is 1. The fraction of sp³-hybridized carbons (Fsp3) is 0.0500. The third-order valence-corrected chi connectivity index (χ3v) is 4.68. The zero-order valence-electron chi connectivity index (χ0n) is 14.0. The van der Waals surface area contributed by atoms with Gasteiger partial charge in [0.25, 0.3) is 11.8 Å². The number of nitrogens with one attached hydrogen (secondary N) is 1. The van der Waals surface area contributed by atoms with Crippen LogP contribution in [0.5, 0.6) is 0 Å². The van der Waals surface area contributed by atoms with Crippen molar-refractivity contribution >= 4 is 51.8 Å². The van der Waals surface area contributed by atoms with E-state index in [9.17, 15) is 9.59 Å². The van der Waals surface area contributed by atoms with E-state index in [0.29, 0.717) is 5.69 Å². The van der Waals surface area contributed by atoms with E-state index in [1.165, 1.54) is 4.90 Å². The van der Waals surface area contributed by atoms with E-state index in [4.69, 9.17) is 12.2 Å². The molecule has 1 aromatic heterocycles. The molecule has 2 aromatic carbocycles. The Hall–Kier alpha value is -3.25. The quantitative estimate of drug-likeness (QED) is 0.434. The Morgan fingerprint density at radius 1 is 1.00 bits per heavy atom. The van der Waals surface area contributed by atoms with Gasteiger partial charge < -0.3 is 4.57 Å². The maximum absolute atomic E-state index is 13.0. The first-order valence-electron chi connectivity index (χ1n) is 8.07. The van der Waals surface area contributed by atoms with Crippen molar-refractivity contribution in [3.8, 4) is 0 Å². The monoisotopic (exact) mass is 361 g/mol. The Labute approximate surface area is 155 Å². The van der Waals surface area contributed by atoms with E-state index in [0.717, 1.165) is 16.6 Å². The van der Waals surface area contributed by atoms with Gasteiger partial charge in [0.15, 0.2) is 5.11 Å². The van der Waals surface area contributed by atoms with Crippen molar-refractivity contribution in [3.05, 3.63) is 71.9 Å². The van der Waals surface area contributed by atoms with Crippen LogP contribution in [0.3, 0.4) is 0 Å². The Morgan fingerprint density at radius 3 is 2.42 bits per heavy atom. The first-order valence-corrected chi connectivity index (χ1v) is 8.48. The Morgan fingerprint density at radius 2 is 1.69 bits per heavy atom. The molecule has 5 nitrogen and oxygen atoms in total. The third kappa shape index (κ3) is 2.60. The minimum atomic E-state index is -0.488. The molecule has 1 aliphatic rings. The molecule has 0 unspecified atom stereocenters. The lowest BCUT2D eigenvalue weighted by Crippen LogP contribution is -2.54. The van der Waals surface area contributed by atoms with Crippen molar-refractivity contribution in [3.63, 3.8) is 0 Å². The van der Waals surface area contributed by atoms with Gasteiger partial charge in [0.1, 0.15) is 5.57 Å². The van der Waals surface area contributed by atoms with E-state index in [1.807, 2.05) is 60.1 Å². The fourth-order valence-electron chi connectivity index (χ4n) is 3.07. The molecule has 26 heavy (non-hydrogen) atoms. The standard InChI is InChI=1S/C20H15N3O2S/c1-22-15(11-13-7-5-6-10-17(13)22)12-16-18(24)21-20(26)23(19(16)25)14-8-3-2-4-9-14/h2-12H,1H3,(H,21,24,26). The van der Waals surface area contributed by atoms with Gasteiger partial charge in [-0.05, 0) is 42.6 Å². The number of hydrogen-bond acceptors (Lipinski definition) is 3. The van der Waals surface area contributed by atoms with Crippen LogP contribution < -0.4 is 10.2 Å². The van der Waals surface area contributed by atoms with E-state index < -0.39 is 11.8 Å². The molecule has 128 valence electrons. The molecular weight excluding hydrogens is 346 g/mol. The molecule has 4 rings (SSSR count). The first kappa shape index (κ1) is 16.2. The number of benzene rings is 2. The van der Waals surface area contributed by atoms with Gasteiger partial charge in [-0.1, -0.05) is 36.4 Å². The molecule has 2 amide bonds. The molecule has 1 aliphatic heterocycles. The van der Waals surface area contributed by atoms with Crippen LogP contribution in [0.15, 0.2) is 66.2 Å². The summed E-state index contributed by atoms with van der Waals surface area (Å²) in [6.45, 7) is 0. The number of para-hydroxylation sites is 2. The summed E-state index contributed by atoms with van der Waals surface area (Å²) >= 11 is 5.20. The molecule has 1 N–H and O–H groups in total. The second-order valence-electron chi connectivity index (χ2n) is 5.98. The van der Waals surface area contributed by atoms with Gasteiger partial charge in [-0.15, -0.1) is 0 Å². The van der Waals surface area contributed by atoms with Gasteiger partial charge in [-0.3, -0.25) is 19.8 Å². The number of fused-ring (bicyclic) bond motifs is 1. The number of rotatable bonds is 2. The largest absolute Gasteiger partial charge is 0.344 e. The number of carbonyl (C=O) groups is 2. The molecule has 1 saturated heterocycles. The number of carbonyl (C=O) groups excluding carboxylic acids is 2. The highest BCUT2D eigenvalue weighted by Crippen LogP contribution is 2.24. The molecule has 3 aromatic rings. The van der Waals surface area contributed by atoms with E-state index in [2.05, 4.69) is 5.32 Å². The number of amides is 2. The van der Waals surface area contributed by atoms with Crippen LogP contribution in [0.1, 0.15) is 5.69 Å². The van der Waals surface area contributed by atoms with Crippen molar-refractivity contribution < 1.29 is 9.59 Å². The van der Waals surface area contributed by atoms with Crippen LogP contribution in [-0.2, 0) is 16.6 Å². The Kier molecular flexibility index (Phi) is 3.89. The summed E-state index contributed by atoms with van der Waals surface area (Å²) in [5, 5.41) is 3.73. The average molecular weight is 361 g/mol. The summed E-state index contributed by atoms with van der Waals surface area (Å²) < 4.78 is 1.95. The topological polar surface area (TPSA) is 54.3 Å². The fourth-order valence-corrected chi connectivity index (χ4v) is 3.35. The van der Waals surface area contributed by atoms with Crippen molar-refractivity contribution in [1.82, 2.24) is 9.88 Å². The van der Waals surface area contributed by atoms with E-state index >= 15 is 0 Å². The Balaban J connectivity index is 1.80. The van der Waals surface area contributed by atoms with Gasteiger partial charge in [0.05, 0.1) is 5.69 Å². The highest BCUT2D eigenvalue weighted by molar-refractivity contribution is 7.80. The zero-order chi connectivity index (χ0) is 18.3. The molecule has 0 radical (unpaired) electrons. The summed E-state index contributed by atoms with van der Waals surface area (Å²) in [6, 6.07) is 18.9. The van der Waals surface area contributed by atoms with Crippen LogP contribution >= 0.6 is 12.2 Å². The molecule has 0 bridgehead atoms. The van der Waals surface area contributed by atoms with Crippen LogP contribution in [-0.4, -0.2) is 21.5 Å². The molecule has 6 heteroatoms. The molecule has 0 atom stereocenters. The van der Waals surface area contributed by atoms with E-state index in [-0.39, 0.29) is 10.7 Å². The van der Waals surface area contributed by atoms with Crippen LogP contribution in [0, 0.1) is 0 Å². The minimum absolute atomic E-state index is 0.0494. The molecule has 0 spiro atoms. The predicted molar refractivity (Wildman–Crippen MR) is 106 cm³/mol. The van der Waals surface area contributed by atoms with Crippen molar-refractivity contribution in [2.45, 2.75) is 0 Å². The number of aryl methyl sites for hydroxylation is 1. The first-order chi connectivity index (χ1) is 12.6. The molecule has 0 aliphatic carbocycles. The average Bonchev–Trinajstić information content (AvgIpc) is 2.95. The zero-order valence-corrected chi connectivity index (χ0v) is 14.8. The van der Waals surface area contributed by atoms with Gasteiger partial charge in [0, 0.05) is 23.6 Å². The Bertz CT molecular complexity index is 1080. The second kappa shape index (κ2) is 6.24. The number of aromatic nitrogens is 1. The molecule has 1 fully saturated rings. The van der Waals surface area contributed by atoms with Gasteiger partial charge in [-0.2, -0.15) is 0 Å². The number of nitrogens with zero attached hydrogens (tertiary/aromatic N) is 2. The summed E-state index contributed by atoms with van der Waals surface area (Å²) in [5.74, 6) is -0.923. The van der Waals surface area contributed by atoms with Crippen LogP contribution in [0.25, 0.3) is 17.0 Å². The third-order valence-electron chi connectivity index (χ3n) is 4.40. The number of thiocarbonyl (C=S) groups is 1. The summed E-state index contributed by atoms with van der Waals surface area (Å²) in [4.78, 5) is 26.7. The maximum Gasteiger partial charge on any atom is 0.270 e. The summed E-state index contributed by atoms with van der Waals surface area (Å²) in [7, 11) is 1.90. The number of hydrogen-bond donors (Lipinski definition) is 1. The maximum atomic E-state index is 13.0. The second-order valence-corrected chi connectivity index (χ2v) is 6.37. The van der Waals surface area contributed by atoms with Crippen molar-refractivity contribution in [2.24, 2.45) is 7.05 Å². The lowest BCUT2D eigenvalue weighted by atomic mass is 10.1. The SMILES string of the molecule is Cn1c(C=C2C(=O)NC(=S)N(c3ccccc3)C2=O)cc2ccccc21. The van der Waals surface area contributed by atoms with Crippen LogP contribution in [0.2, 0.25) is 0 Å². The smallest absolute Gasteiger partial charge is 0.270 e.